The zero-order valence-electron chi connectivity index (χ0n) is 8.60. The number of hydrogen-bond acceptors (Lipinski definition) is 2. The summed E-state index contributed by atoms with van der Waals surface area (Å²) in [5, 5.41) is 9.72. The molecule has 1 rings (SSSR count). The van der Waals surface area contributed by atoms with Crippen LogP contribution in [0, 0.1) is 19.7 Å². The van der Waals surface area contributed by atoms with Crippen molar-refractivity contribution in [2.75, 3.05) is 6.54 Å². The molecule has 14 heavy (non-hydrogen) atoms. The van der Waals surface area contributed by atoms with Crippen LogP contribution in [0.25, 0.3) is 0 Å². The van der Waals surface area contributed by atoms with E-state index >= 15 is 0 Å². The van der Waals surface area contributed by atoms with Gasteiger partial charge in [0.2, 0.25) is 0 Å². The minimum absolute atomic E-state index is 0.206. The monoisotopic (exact) mass is 197 g/mol. The molecule has 1 aromatic carbocycles. The lowest BCUT2D eigenvalue weighted by molar-refractivity contribution is 0.458. The molecule has 78 valence electrons. The van der Waals surface area contributed by atoms with E-state index < -0.39 is 0 Å². The minimum Gasteiger partial charge on any atom is -0.507 e. The van der Waals surface area contributed by atoms with E-state index in [0.717, 1.165) is 6.42 Å². The Bertz CT molecular complexity index is 310. The first-order chi connectivity index (χ1) is 6.57. The number of halogens is 1. The molecule has 0 amide bonds. The summed E-state index contributed by atoms with van der Waals surface area (Å²) >= 11 is 0. The highest BCUT2D eigenvalue weighted by Gasteiger charge is 2.11. The summed E-state index contributed by atoms with van der Waals surface area (Å²) < 4.78 is 13.3. The molecule has 0 unspecified atom stereocenters. The molecule has 0 spiro atoms. The average molecular weight is 197 g/mol. The van der Waals surface area contributed by atoms with Gasteiger partial charge in [-0.1, -0.05) is 0 Å². The molecule has 0 radical (unpaired) electrons. The number of phenols is 1. The predicted octanol–water partition coefficient (Wildman–Crippen LogP) is 2.04. The fourth-order valence-corrected chi connectivity index (χ4v) is 1.51. The largest absolute Gasteiger partial charge is 0.507 e. The second kappa shape index (κ2) is 4.42. The molecule has 2 nitrogen and oxygen atoms in total. The van der Waals surface area contributed by atoms with E-state index in [4.69, 9.17) is 5.73 Å². The molecule has 3 heteroatoms. The third kappa shape index (κ3) is 2.04. The number of benzene rings is 1. The first-order valence-corrected chi connectivity index (χ1v) is 4.75. The van der Waals surface area contributed by atoms with Crippen molar-refractivity contribution in [1.29, 1.82) is 0 Å². The summed E-state index contributed by atoms with van der Waals surface area (Å²) in [6.07, 6.45) is 1.39. The lowest BCUT2D eigenvalue weighted by Gasteiger charge is -2.11. The average Bonchev–Trinajstić information content (AvgIpc) is 2.15. The Morgan fingerprint density at radius 1 is 1.43 bits per heavy atom. The second-order valence-corrected chi connectivity index (χ2v) is 3.52. The number of aromatic hydroxyl groups is 1. The van der Waals surface area contributed by atoms with Crippen LogP contribution in [0.1, 0.15) is 23.1 Å². The van der Waals surface area contributed by atoms with Crippen molar-refractivity contribution < 1.29 is 9.50 Å². The highest BCUT2D eigenvalue weighted by atomic mass is 19.1. The summed E-state index contributed by atoms with van der Waals surface area (Å²) in [7, 11) is 0. The van der Waals surface area contributed by atoms with Crippen molar-refractivity contribution in [1.82, 2.24) is 0 Å². The van der Waals surface area contributed by atoms with Crippen LogP contribution in [0.4, 0.5) is 4.39 Å². The van der Waals surface area contributed by atoms with E-state index in [1.165, 1.54) is 6.07 Å². The van der Waals surface area contributed by atoms with Crippen LogP contribution in [0.15, 0.2) is 6.07 Å². The van der Waals surface area contributed by atoms with Gasteiger partial charge in [0.15, 0.2) is 0 Å². The van der Waals surface area contributed by atoms with Crippen LogP contribution in [0.3, 0.4) is 0 Å². The summed E-state index contributed by atoms with van der Waals surface area (Å²) in [6, 6.07) is 1.36. The van der Waals surface area contributed by atoms with E-state index in [-0.39, 0.29) is 11.6 Å². The van der Waals surface area contributed by atoms with E-state index in [1.54, 1.807) is 13.8 Å². The van der Waals surface area contributed by atoms with E-state index in [2.05, 4.69) is 0 Å². The number of rotatable bonds is 3. The van der Waals surface area contributed by atoms with Crippen LogP contribution in [-0.4, -0.2) is 11.7 Å². The van der Waals surface area contributed by atoms with Crippen molar-refractivity contribution in [3.05, 3.63) is 28.6 Å². The highest BCUT2D eigenvalue weighted by Crippen LogP contribution is 2.28. The summed E-state index contributed by atoms with van der Waals surface area (Å²) in [5.41, 5.74) is 7.18. The van der Waals surface area contributed by atoms with Gasteiger partial charge in [0, 0.05) is 5.56 Å². The maximum atomic E-state index is 13.3. The van der Waals surface area contributed by atoms with Gasteiger partial charge in [-0.05, 0) is 50.4 Å². The normalized spacial score (nSPS) is 10.6. The van der Waals surface area contributed by atoms with Gasteiger partial charge in [-0.3, -0.25) is 0 Å². The van der Waals surface area contributed by atoms with E-state index in [9.17, 15) is 9.50 Å². The Balaban J connectivity index is 3.11. The van der Waals surface area contributed by atoms with Gasteiger partial charge in [0.05, 0.1) is 0 Å². The van der Waals surface area contributed by atoms with E-state index in [0.29, 0.717) is 29.7 Å². The van der Waals surface area contributed by atoms with Crippen molar-refractivity contribution in [2.45, 2.75) is 26.7 Å². The first-order valence-electron chi connectivity index (χ1n) is 4.75. The van der Waals surface area contributed by atoms with Crippen molar-refractivity contribution in [3.63, 3.8) is 0 Å². The minimum atomic E-state index is -0.257. The molecule has 0 atom stereocenters. The number of nitrogens with two attached hydrogens (primary N) is 1. The summed E-state index contributed by atoms with van der Waals surface area (Å²) in [6.45, 7) is 3.93. The topological polar surface area (TPSA) is 46.2 Å². The fraction of sp³-hybridized carbons (Fsp3) is 0.455. The Morgan fingerprint density at radius 3 is 2.64 bits per heavy atom. The number of hydrogen-bond donors (Lipinski definition) is 2. The maximum absolute atomic E-state index is 13.3. The quantitative estimate of drug-likeness (QED) is 0.779. The van der Waals surface area contributed by atoms with Crippen LogP contribution in [0.5, 0.6) is 5.75 Å². The van der Waals surface area contributed by atoms with Crippen LogP contribution >= 0.6 is 0 Å². The lowest BCUT2D eigenvalue weighted by atomic mass is 9.99. The third-order valence-electron chi connectivity index (χ3n) is 2.44. The standard InChI is InChI=1S/C11H16FNO/c1-7-6-10(12)8(2)9(11(7)14)4-3-5-13/h6,14H,3-5,13H2,1-2H3. The molecule has 0 fully saturated rings. The van der Waals surface area contributed by atoms with Crippen molar-refractivity contribution in [3.8, 4) is 5.75 Å². The SMILES string of the molecule is Cc1cc(F)c(C)c(CCCN)c1O. The first kappa shape index (κ1) is 11.0. The molecule has 0 aliphatic rings. The van der Waals surface area contributed by atoms with Gasteiger partial charge < -0.3 is 10.8 Å². The third-order valence-corrected chi connectivity index (χ3v) is 2.44. The molecule has 1 aromatic rings. The van der Waals surface area contributed by atoms with Gasteiger partial charge in [-0.2, -0.15) is 0 Å². The maximum Gasteiger partial charge on any atom is 0.126 e. The van der Waals surface area contributed by atoms with E-state index in [1.807, 2.05) is 0 Å². The second-order valence-electron chi connectivity index (χ2n) is 3.52. The Labute approximate surface area is 83.6 Å². The zero-order valence-corrected chi connectivity index (χ0v) is 8.60. The molecule has 0 heterocycles. The highest BCUT2D eigenvalue weighted by molar-refractivity contribution is 5.45. The number of aryl methyl sites for hydroxylation is 1. The summed E-state index contributed by atoms with van der Waals surface area (Å²) in [5.74, 6) is -0.0512. The fourth-order valence-electron chi connectivity index (χ4n) is 1.51. The molecular weight excluding hydrogens is 181 g/mol. The van der Waals surface area contributed by atoms with Crippen LogP contribution in [-0.2, 0) is 6.42 Å². The molecule has 0 aliphatic carbocycles. The molecule has 0 saturated heterocycles. The van der Waals surface area contributed by atoms with Gasteiger partial charge in [0.1, 0.15) is 11.6 Å². The predicted molar refractivity (Wildman–Crippen MR) is 54.9 cm³/mol. The van der Waals surface area contributed by atoms with Gasteiger partial charge in [-0.15, -0.1) is 0 Å². The van der Waals surface area contributed by atoms with Crippen LogP contribution in [0.2, 0.25) is 0 Å². The van der Waals surface area contributed by atoms with Crippen molar-refractivity contribution in [2.24, 2.45) is 5.73 Å². The zero-order chi connectivity index (χ0) is 10.7. The Kier molecular flexibility index (Phi) is 3.47. The molecule has 0 bridgehead atoms. The Hall–Kier alpha value is -1.09. The van der Waals surface area contributed by atoms with Gasteiger partial charge in [0.25, 0.3) is 0 Å². The summed E-state index contributed by atoms with van der Waals surface area (Å²) in [4.78, 5) is 0. The Morgan fingerprint density at radius 2 is 2.07 bits per heavy atom. The van der Waals surface area contributed by atoms with Gasteiger partial charge in [-0.25, -0.2) is 4.39 Å². The molecule has 0 saturated carbocycles. The lowest BCUT2D eigenvalue weighted by Crippen LogP contribution is -2.03. The van der Waals surface area contributed by atoms with Crippen LogP contribution < -0.4 is 5.73 Å². The van der Waals surface area contributed by atoms with Gasteiger partial charge >= 0.3 is 0 Å². The molecule has 0 aliphatic heterocycles. The van der Waals surface area contributed by atoms with Crippen molar-refractivity contribution >= 4 is 0 Å². The molecular formula is C11H16FNO. The number of phenolic OH excluding ortho intramolecular Hbond substituents is 1. The molecule has 3 N–H and O–H groups in total. The molecule has 0 aromatic heterocycles. The smallest absolute Gasteiger partial charge is 0.126 e.